The Balaban J connectivity index is 1.32. The molecule has 26 heavy (non-hydrogen) atoms. The predicted octanol–water partition coefficient (Wildman–Crippen LogP) is 1.32. The van der Waals surface area contributed by atoms with Crippen molar-refractivity contribution in [2.24, 2.45) is 0 Å². The Morgan fingerprint density at radius 3 is 2.50 bits per heavy atom. The van der Waals surface area contributed by atoms with E-state index >= 15 is 0 Å². The van der Waals surface area contributed by atoms with Gasteiger partial charge in [-0.2, -0.15) is 0 Å². The summed E-state index contributed by atoms with van der Waals surface area (Å²) in [5.41, 5.74) is 0.598. The van der Waals surface area contributed by atoms with E-state index in [4.69, 9.17) is 4.74 Å². The van der Waals surface area contributed by atoms with Gasteiger partial charge < -0.3 is 19.9 Å². The van der Waals surface area contributed by atoms with Gasteiger partial charge in [0.2, 0.25) is 5.95 Å². The number of carbonyl (C=O) groups excluding carboxylic acids is 1. The van der Waals surface area contributed by atoms with Gasteiger partial charge in [0.1, 0.15) is 11.9 Å². The third-order valence-corrected chi connectivity index (χ3v) is 4.66. The maximum absolute atomic E-state index is 12.1. The molecule has 0 spiro atoms. The molecular formula is C18H22N6O2. The Morgan fingerprint density at radius 1 is 1.08 bits per heavy atom. The second-order valence-electron chi connectivity index (χ2n) is 6.42. The molecule has 136 valence electrons. The maximum atomic E-state index is 12.1. The van der Waals surface area contributed by atoms with Crippen molar-refractivity contribution < 1.29 is 9.53 Å². The summed E-state index contributed by atoms with van der Waals surface area (Å²) in [6.45, 7) is 4.06. The fraction of sp³-hybridized carbons (Fsp3) is 0.444. The fourth-order valence-electron chi connectivity index (χ4n) is 3.23. The number of amides is 1. The standard InChI is InChI=1S/C18H22N6O2/c25-17(15-4-3-11-26-15)22-14-12-20-18(21-13-14)24-9-7-23(8-10-24)16-5-1-2-6-19-16/h1-2,5-6,12-13,15H,3-4,7-11H2,(H,22,25)/t15-/m1/s1. The third kappa shape index (κ3) is 3.75. The van der Waals surface area contributed by atoms with E-state index < -0.39 is 0 Å². The first-order valence-electron chi connectivity index (χ1n) is 8.95. The topological polar surface area (TPSA) is 83.5 Å². The molecule has 8 heteroatoms. The first kappa shape index (κ1) is 16.7. The van der Waals surface area contributed by atoms with E-state index in [0.29, 0.717) is 18.2 Å². The zero-order chi connectivity index (χ0) is 17.8. The van der Waals surface area contributed by atoms with E-state index in [1.165, 1.54) is 0 Å². The summed E-state index contributed by atoms with van der Waals surface area (Å²) in [5, 5.41) is 2.82. The molecular weight excluding hydrogens is 332 g/mol. The lowest BCUT2D eigenvalue weighted by Crippen LogP contribution is -2.47. The zero-order valence-corrected chi connectivity index (χ0v) is 14.5. The summed E-state index contributed by atoms with van der Waals surface area (Å²) in [7, 11) is 0. The van der Waals surface area contributed by atoms with Gasteiger partial charge in [0, 0.05) is 39.0 Å². The van der Waals surface area contributed by atoms with Gasteiger partial charge in [-0.1, -0.05) is 6.07 Å². The van der Waals surface area contributed by atoms with Crippen molar-refractivity contribution >= 4 is 23.4 Å². The van der Waals surface area contributed by atoms with Crippen LogP contribution in [-0.4, -0.2) is 59.7 Å². The van der Waals surface area contributed by atoms with Crippen LogP contribution < -0.4 is 15.1 Å². The number of piperazine rings is 1. The van der Waals surface area contributed by atoms with Gasteiger partial charge in [-0.3, -0.25) is 4.79 Å². The first-order chi connectivity index (χ1) is 12.8. The molecule has 1 N–H and O–H groups in total. The minimum atomic E-state index is -0.352. The van der Waals surface area contributed by atoms with Crippen molar-refractivity contribution in [3.8, 4) is 0 Å². The van der Waals surface area contributed by atoms with E-state index in [9.17, 15) is 4.79 Å². The zero-order valence-electron chi connectivity index (χ0n) is 14.5. The summed E-state index contributed by atoms with van der Waals surface area (Å²) in [6.07, 6.45) is 6.47. The number of carbonyl (C=O) groups is 1. The molecule has 2 fully saturated rings. The highest BCUT2D eigenvalue weighted by Crippen LogP contribution is 2.18. The molecule has 0 saturated carbocycles. The van der Waals surface area contributed by atoms with Crippen molar-refractivity contribution in [2.45, 2.75) is 18.9 Å². The van der Waals surface area contributed by atoms with Crippen LogP contribution in [-0.2, 0) is 9.53 Å². The van der Waals surface area contributed by atoms with Crippen LogP contribution in [0.25, 0.3) is 0 Å². The molecule has 4 heterocycles. The van der Waals surface area contributed by atoms with E-state index in [2.05, 4.69) is 30.1 Å². The Kier molecular flexibility index (Phi) is 4.92. The summed E-state index contributed by atoms with van der Waals surface area (Å²) in [5.74, 6) is 1.56. The average Bonchev–Trinajstić information content (AvgIpc) is 3.25. The molecule has 1 atom stereocenters. The molecule has 0 unspecified atom stereocenters. The molecule has 2 aromatic rings. The Hall–Kier alpha value is -2.74. The smallest absolute Gasteiger partial charge is 0.253 e. The largest absolute Gasteiger partial charge is 0.368 e. The molecule has 8 nitrogen and oxygen atoms in total. The number of aromatic nitrogens is 3. The van der Waals surface area contributed by atoms with Gasteiger partial charge >= 0.3 is 0 Å². The number of ether oxygens (including phenoxy) is 1. The Bertz CT molecular complexity index is 725. The molecule has 2 aliphatic heterocycles. The van der Waals surface area contributed by atoms with Crippen LogP contribution >= 0.6 is 0 Å². The van der Waals surface area contributed by atoms with Gasteiger partial charge in [0.15, 0.2) is 0 Å². The van der Waals surface area contributed by atoms with Crippen LogP contribution in [0.15, 0.2) is 36.8 Å². The van der Waals surface area contributed by atoms with Crippen molar-refractivity contribution in [1.29, 1.82) is 0 Å². The van der Waals surface area contributed by atoms with Gasteiger partial charge in [0.05, 0.1) is 18.1 Å². The van der Waals surface area contributed by atoms with Crippen molar-refractivity contribution in [3.05, 3.63) is 36.8 Å². The van der Waals surface area contributed by atoms with E-state index in [1.54, 1.807) is 12.4 Å². The highest BCUT2D eigenvalue weighted by molar-refractivity contribution is 5.94. The number of nitrogens with zero attached hydrogens (tertiary/aromatic N) is 5. The van der Waals surface area contributed by atoms with Crippen LogP contribution in [0.2, 0.25) is 0 Å². The van der Waals surface area contributed by atoms with Crippen LogP contribution in [0, 0.1) is 0 Å². The minimum Gasteiger partial charge on any atom is -0.368 e. The number of hydrogen-bond donors (Lipinski definition) is 1. The molecule has 2 aromatic heterocycles. The van der Waals surface area contributed by atoms with E-state index in [1.807, 2.05) is 24.4 Å². The molecule has 4 rings (SSSR count). The fourth-order valence-corrected chi connectivity index (χ4v) is 3.23. The maximum Gasteiger partial charge on any atom is 0.253 e. The summed E-state index contributed by atoms with van der Waals surface area (Å²) < 4.78 is 5.38. The number of pyridine rings is 1. The van der Waals surface area contributed by atoms with Crippen LogP contribution in [0.5, 0.6) is 0 Å². The lowest BCUT2D eigenvalue weighted by molar-refractivity contribution is -0.124. The summed E-state index contributed by atoms with van der Waals surface area (Å²) >= 11 is 0. The second-order valence-corrected chi connectivity index (χ2v) is 6.42. The molecule has 0 radical (unpaired) electrons. The minimum absolute atomic E-state index is 0.122. The summed E-state index contributed by atoms with van der Waals surface area (Å²) in [6, 6.07) is 5.95. The van der Waals surface area contributed by atoms with Gasteiger partial charge in [-0.05, 0) is 25.0 Å². The Labute approximate surface area is 152 Å². The van der Waals surface area contributed by atoms with Crippen molar-refractivity contribution in [2.75, 3.05) is 47.9 Å². The van der Waals surface area contributed by atoms with Crippen LogP contribution in [0.3, 0.4) is 0 Å². The quantitative estimate of drug-likeness (QED) is 0.886. The number of nitrogens with one attached hydrogen (secondary N) is 1. The second kappa shape index (κ2) is 7.65. The SMILES string of the molecule is O=C(Nc1cnc(N2CCN(c3ccccn3)CC2)nc1)[C@H]1CCCO1. The van der Waals surface area contributed by atoms with Crippen LogP contribution in [0.4, 0.5) is 17.5 Å². The number of anilines is 3. The molecule has 0 bridgehead atoms. The number of hydrogen-bond acceptors (Lipinski definition) is 7. The van der Waals surface area contributed by atoms with Crippen LogP contribution in [0.1, 0.15) is 12.8 Å². The first-order valence-corrected chi connectivity index (χ1v) is 8.95. The monoisotopic (exact) mass is 354 g/mol. The van der Waals surface area contributed by atoms with Gasteiger partial charge in [-0.15, -0.1) is 0 Å². The van der Waals surface area contributed by atoms with Gasteiger partial charge in [-0.25, -0.2) is 15.0 Å². The van der Waals surface area contributed by atoms with Gasteiger partial charge in [0.25, 0.3) is 5.91 Å². The average molecular weight is 354 g/mol. The normalized spacial score (nSPS) is 20.2. The molecule has 2 saturated heterocycles. The lowest BCUT2D eigenvalue weighted by atomic mass is 10.2. The molecule has 1 amide bonds. The summed E-state index contributed by atoms with van der Waals surface area (Å²) in [4.78, 5) is 29.7. The molecule has 0 aliphatic carbocycles. The van der Waals surface area contributed by atoms with E-state index in [-0.39, 0.29) is 12.0 Å². The molecule has 0 aromatic carbocycles. The number of rotatable bonds is 4. The molecule has 2 aliphatic rings. The van der Waals surface area contributed by atoms with E-state index in [0.717, 1.165) is 44.8 Å². The Morgan fingerprint density at radius 2 is 1.85 bits per heavy atom. The highest BCUT2D eigenvalue weighted by atomic mass is 16.5. The highest BCUT2D eigenvalue weighted by Gasteiger charge is 2.24. The lowest BCUT2D eigenvalue weighted by Gasteiger charge is -2.35. The third-order valence-electron chi connectivity index (χ3n) is 4.66. The van der Waals surface area contributed by atoms with Crippen molar-refractivity contribution in [1.82, 2.24) is 15.0 Å². The predicted molar refractivity (Wildman–Crippen MR) is 98.3 cm³/mol. The van der Waals surface area contributed by atoms with Crippen molar-refractivity contribution in [3.63, 3.8) is 0 Å².